The van der Waals surface area contributed by atoms with E-state index in [9.17, 15) is 19.8 Å². The molecule has 0 saturated heterocycles. The molecular formula is C31H52O4. The molecule has 10 atom stereocenters. The SMILES string of the molecule is CC.CC.CC1C(O)CCC2(C)C1CCC1(C)C3CCC4(C)CCC(C(=O)O)CC4C3=CC(=O)C12. The molecule has 0 aromatic carbocycles. The summed E-state index contributed by atoms with van der Waals surface area (Å²) in [5.74, 6) is 0.697. The van der Waals surface area contributed by atoms with Gasteiger partial charge in [-0.2, -0.15) is 0 Å². The van der Waals surface area contributed by atoms with Crippen molar-refractivity contribution in [3.05, 3.63) is 11.6 Å². The van der Waals surface area contributed by atoms with E-state index >= 15 is 0 Å². The van der Waals surface area contributed by atoms with Crippen molar-refractivity contribution in [2.45, 2.75) is 119 Å². The third kappa shape index (κ3) is 4.34. The van der Waals surface area contributed by atoms with Crippen molar-refractivity contribution in [1.82, 2.24) is 0 Å². The monoisotopic (exact) mass is 488 g/mol. The summed E-state index contributed by atoms with van der Waals surface area (Å²) in [6, 6.07) is 0. The van der Waals surface area contributed by atoms with Gasteiger partial charge in [0.25, 0.3) is 0 Å². The predicted octanol–water partition coefficient (Wildman–Crippen LogP) is 7.29. The molecule has 4 nitrogen and oxygen atoms in total. The predicted molar refractivity (Wildman–Crippen MR) is 142 cm³/mol. The molecule has 4 fully saturated rings. The van der Waals surface area contributed by atoms with Crippen LogP contribution in [-0.4, -0.2) is 28.1 Å². The number of hydrogen-bond acceptors (Lipinski definition) is 3. The molecule has 4 heteroatoms. The minimum atomic E-state index is -0.668. The lowest BCUT2D eigenvalue weighted by Gasteiger charge is -2.65. The first-order chi connectivity index (χ1) is 16.5. The number of hydrogen-bond donors (Lipinski definition) is 2. The van der Waals surface area contributed by atoms with Gasteiger partial charge in [-0.1, -0.05) is 61.0 Å². The molecule has 0 heterocycles. The van der Waals surface area contributed by atoms with Crippen LogP contribution in [0, 0.1) is 51.8 Å². The second kappa shape index (κ2) is 10.3. The number of aliphatic carboxylic acids is 1. The standard InChI is InChI=1S/C27H40O4.2C2H6/c1-15-18-7-11-27(4)19-6-10-25(2)9-5-16(24(30)31)13-20(25)17(19)14-22(29)23(27)26(18,3)12-8-21(15)28;2*1-2/h14-16,18-21,23,28H,5-13H2,1-4H3,(H,30,31);2*1-2H3. The summed E-state index contributed by atoms with van der Waals surface area (Å²) in [5.41, 5.74) is 1.37. The normalized spacial score (nSPS) is 48.2. The number of allylic oxidation sites excluding steroid dienone is 2. The minimum Gasteiger partial charge on any atom is -0.481 e. The first kappa shape index (κ1) is 28.4. The molecule has 10 unspecified atom stereocenters. The highest BCUT2D eigenvalue weighted by Crippen LogP contribution is 2.69. The van der Waals surface area contributed by atoms with E-state index in [0.717, 1.165) is 51.4 Å². The number of aliphatic hydroxyl groups is 1. The van der Waals surface area contributed by atoms with Crippen molar-refractivity contribution in [1.29, 1.82) is 0 Å². The highest BCUT2D eigenvalue weighted by Gasteiger charge is 2.64. The molecule has 200 valence electrons. The Balaban J connectivity index is 0.000000815. The third-order valence-electron chi connectivity index (χ3n) is 11.4. The van der Waals surface area contributed by atoms with E-state index in [-0.39, 0.29) is 46.0 Å². The molecule has 0 aromatic heterocycles. The maximum atomic E-state index is 13.9. The number of rotatable bonds is 1. The van der Waals surface area contributed by atoms with Crippen LogP contribution in [0.4, 0.5) is 0 Å². The van der Waals surface area contributed by atoms with Gasteiger partial charge in [-0.25, -0.2) is 0 Å². The molecule has 5 rings (SSSR count). The summed E-state index contributed by atoms with van der Waals surface area (Å²) in [6.07, 6.45) is 10.4. The molecule has 5 aliphatic carbocycles. The summed E-state index contributed by atoms with van der Waals surface area (Å²) in [5, 5.41) is 20.2. The van der Waals surface area contributed by atoms with E-state index < -0.39 is 5.97 Å². The van der Waals surface area contributed by atoms with Crippen molar-refractivity contribution < 1.29 is 19.8 Å². The molecule has 0 radical (unpaired) electrons. The van der Waals surface area contributed by atoms with Gasteiger partial charge in [0.1, 0.15) is 0 Å². The van der Waals surface area contributed by atoms with Crippen LogP contribution in [0.1, 0.15) is 113 Å². The van der Waals surface area contributed by atoms with E-state index in [2.05, 4.69) is 27.7 Å². The van der Waals surface area contributed by atoms with Gasteiger partial charge < -0.3 is 10.2 Å². The summed E-state index contributed by atoms with van der Waals surface area (Å²) in [4.78, 5) is 25.7. The summed E-state index contributed by atoms with van der Waals surface area (Å²) >= 11 is 0. The van der Waals surface area contributed by atoms with E-state index in [1.807, 2.05) is 33.8 Å². The fourth-order valence-electron chi connectivity index (χ4n) is 9.59. The van der Waals surface area contributed by atoms with Gasteiger partial charge in [-0.05, 0) is 104 Å². The van der Waals surface area contributed by atoms with Crippen LogP contribution < -0.4 is 0 Å². The highest BCUT2D eigenvalue weighted by atomic mass is 16.4. The molecule has 0 spiro atoms. The van der Waals surface area contributed by atoms with Crippen molar-refractivity contribution in [3.63, 3.8) is 0 Å². The van der Waals surface area contributed by atoms with E-state index in [1.165, 1.54) is 5.57 Å². The van der Waals surface area contributed by atoms with Crippen LogP contribution in [0.15, 0.2) is 11.6 Å². The van der Waals surface area contributed by atoms with E-state index in [4.69, 9.17) is 0 Å². The Morgan fingerprint density at radius 1 is 0.886 bits per heavy atom. The van der Waals surface area contributed by atoms with Gasteiger partial charge in [0.05, 0.1) is 12.0 Å². The second-order valence-corrected chi connectivity index (χ2v) is 12.7. The number of fused-ring (bicyclic) bond motifs is 7. The number of carbonyl (C=O) groups is 2. The number of aliphatic hydroxyl groups excluding tert-OH is 1. The lowest BCUT2D eigenvalue weighted by atomic mass is 9.38. The fraction of sp³-hybridized carbons (Fsp3) is 0.871. The van der Waals surface area contributed by atoms with E-state index in [1.54, 1.807) is 0 Å². The zero-order valence-electron chi connectivity index (χ0n) is 23.7. The number of carbonyl (C=O) groups excluding carboxylic acids is 1. The summed E-state index contributed by atoms with van der Waals surface area (Å²) in [6.45, 7) is 17.2. The Bertz CT molecular complexity index is 832. The van der Waals surface area contributed by atoms with Crippen LogP contribution in [-0.2, 0) is 9.59 Å². The molecule has 4 saturated carbocycles. The van der Waals surface area contributed by atoms with Crippen molar-refractivity contribution in [2.75, 3.05) is 0 Å². The zero-order chi connectivity index (χ0) is 26.3. The zero-order valence-corrected chi connectivity index (χ0v) is 23.7. The molecule has 0 aliphatic heterocycles. The smallest absolute Gasteiger partial charge is 0.306 e. The average molecular weight is 489 g/mol. The Kier molecular flexibility index (Phi) is 8.37. The number of ketones is 1. The van der Waals surface area contributed by atoms with Crippen LogP contribution in [0.3, 0.4) is 0 Å². The Morgan fingerprint density at radius 2 is 1.49 bits per heavy atom. The molecule has 0 aromatic rings. The topological polar surface area (TPSA) is 74.6 Å². The quantitative estimate of drug-likeness (QED) is 0.406. The minimum absolute atomic E-state index is 0.0330. The average Bonchev–Trinajstić information content (AvgIpc) is 2.83. The molecule has 5 aliphatic rings. The Labute approximate surface area is 214 Å². The van der Waals surface area contributed by atoms with Gasteiger partial charge in [-0.3, -0.25) is 9.59 Å². The molecule has 2 N–H and O–H groups in total. The number of carboxylic acids is 1. The second-order valence-electron chi connectivity index (χ2n) is 12.7. The first-order valence-corrected chi connectivity index (χ1v) is 14.7. The van der Waals surface area contributed by atoms with Crippen molar-refractivity contribution >= 4 is 11.8 Å². The van der Waals surface area contributed by atoms with Gasteiger partial charge in [0.15, 0.2) is 5.78 Å². The Morgan fingerprint density at radius 3 is 2.11 bits per heavy atom. The van der Waals surface area contributed by atoms with Gasteiger partial charge >= 0.3 is 5.97 Å². The van der Waals surface area contributed by atoms with Crippen LogP contribution in [0.5, 0.6) is 0 Å². The summed E-state index contributed by atoms with van der Waals surface area (Å²) < 4.78 is 0. The molecule has 0 bridgehead atoms. The van der Waals surface area contributed by atoms with Crippen LogP contribution in [0.25, 0.3) is 0 Å². The van der Waals surface area contributed by atoms with Gasteiger partial charge in [0, 0.05) is 5.92 Å². The fourth-order valence-corrected chi connectivity index (χ4v) is 9.59. The maximum Gasteiger partial charge on any atom is 0.306 e. The summed E-state index contributed by atoms with van der Waals surface area (Å²) in [7, 11) is 0. The largest absolute Gasteiger partial charge is 0.481 e. The van der Waals surface area contributed by atoms with Gasteiger partial charge in [-0.15, -0.1) is 0 Å². The van der Waals surface area contributed by atoms with Crippen LogP contribution >= 0.6 is 0 Å². The molecule has 0 amide bonds. The van der Waals surface area contributed by atoms with Crippen molar-refractivity contribution in [2.24, 2.45) is 51.8 Å². The van der Waals surface area contributed by atoms with Crippen LogP contribution in [0.2, 0.25) is 0 Å². The number of carboxylic acid groups (broad SMARTS) is 1. The van der Waals surface area contributed by atoms with E-state index in [0.29, 0.717) is 24.0 Å². The maximum absolute atomic E-state index is 13.9. The third-order valence-corrected chi connectivity index (χ3v) is 11.4. The first-order valence-electron chi connectivity index (χ1n) is 14.7. The lowest BCUT2D eigenvalue weighted by molar-refractivity contribution is -0.169. The molecular weight excluding hydrogens is 436 g/mol. The lowest BCUT2D eigenvalue weighted by Crippen LogP contribution is -2.61. The molecule has 35 heavy (non-hydrogen) atoms. The highest BCUT2D eigenvalue weighted by molar-refractivity contribution is 5.95. The van der Waals surface area contributed by atoms with Crippen molar-refractivity contribution in [3.8, 4) is 0 Å². The van der Waals surface area contributed by atoms with Gasteiger partial charge in [0.2, 0.25) is 0 Å². The Hall–Kier alpha value is -1.16.